The molecule has 0 aromatic heterocycles. The lowest BCUT2D eigenvalue weighted by molar-refractivity contribution is -0.0498. The number of halogens is 5. The van der Waals surface area contributed by atoms with Gasteiger partial charge in [0, 0.05) is 17.6 Å². The van der Waals surface area contributed by atoms with Crippen molar-refractivity contribution in [3.8, 4) is 5.75 Å². The van der Waals surface area contributed by atoms with Gasteiger partial charge in [-0.15, -0.1) is 0 Å². The highest BCUT2D eigenvalue weighted by Crippen LogP contribution is 2.28. The molecule has 0 aliphatic carbocycles. The van der Waals surface area contributed by atoms with Gasteiger partial charge in [-0.2, -0.15) is 8.78 Å². The van der Waals surface area contributed by atoms with Crippen LogP contribution in [0.5, 0.6) is 5.75 Å². The van der Waals surface area contributed by atoms with E-state index in [1.54, 1.807) is 12.1 Å². The fraction of sp³-hybridized carbons (Fsp3) is 0.250. The fourth-order valence-electron chi connectivity index (χ4n) is 2.04. The topological polar surface area (TPSA) is 21.3 Å². The molecular formula is C16H14Cl2F3NO. The lowest BCUT2D eigenvalue weighted by atomic mass is 10.1. The minimum Gasteiger partial charge on any atom is -0.435 e. The molecule has 124 valence electrons. The van der Waals surface area contributed by atoms with Crippen LogP contribution in [0.2, 0.25) is 10.0 Å². The SMILES string of the molecule is CC(NCc1ccc(OC(F)F)cc1)c1cc(F)c(Cl)cc1Cl. The Labute approximate surface area is 142 Å². The van der Waals surface area contributed by atoms with Crippen LogP contribution in [0.4, 0.5) is 13.2 Å². The third kappa shape index (κ3) is 5.03. The van der Waals surface area contributed by atoms with Crippen LogP contribution in [0.3, 0.4) is 0 Å². The van der Waals surface area contributed by atoms with Gasteiger partial charge in [-0.05, 0) is 42.3 Å². The Morgan fingerprint density at radius 1 is 1.09 bits per heavy atom. The van der Waals surface area contributed by atoms with Gasteiger partial charge in [0.2, 0.25) is 0 Å². The lowest BCUT2D eigenvalue weighted by Crippen LogP contribution is -2.18. The Bertz CT molecular complexity index is 665. The molecule has 23 heavy (non-hydrogen) atoms. The van der Waals surface area contributed by atoms with Crippen molar-refractivity contribution in [3.05, 3.63) is 63.4 Å². The maximum absolute atomic E-state index is 13.5. The summed E-state index contributed by atoms with van der Waals surface area (Å²) in [5.74, 6) is -0.437. The van der Waals surface area contributed by atoms with Crippen molar-refractivity contribution in [1.29, 1.82) is 0 Å². The van der Waals surface area contributed by atoms with Gasteiger partial charge in [0.25, 0.3) is 0 Å². The van der Waals surface area contributed by atoms with Crippen molar-refractivity contribution in [2.24, 2.45) is 0 Å². The van der Waals surface area contributed by atoms with Gasteiger partial charge in [-0.1, -0.05) is 35.3 Å². The number of benzene rings is 2. The summed E-state index contributed by atoms with van der Waals surface area (Å²) in [5, 5.41) is 3.52. The van der Waals surface area contributed by atoms with Gasteiger partial charge in [-0.25, -0.2) is 4.39 Å². The molecule has 0 saturated heterocycles. The highest BCUT2D eigenvalue weighted by Gasteiger charge is 2.13. The molecule has 0 saturated carbocycles. The van der Waals surface area contributed by atoms with Crippen molar-refractivity contribution >= 4 is 23.2 Å². The molecule has 0 bridgehead atoms. The van der Waals surface area contributed by atoms with E-state index in [4.69, 9.17) is 23.2 Å². The maximum Gasteiger partial charge on any atom is 0.387 e. The molecule has 0 radical (unpaired) electrons. The average molecular weight is 364 g/mol. The van der Waals surface area contributed by atoms with Gasteiger partial charge in [0.1, 0.15) is 11.6 Å². The summed E-state index contributed by atoms with van der Waals surface area (Å²) < 4.78 is 42.0. The average Bonchev–Trinajstić information content (AvgIpc) is 2.49. The molecule has 2 aromatic carbocycles. The van der Waals surface area contributed by atoms with E-state index in [2.05, 4.69) is 10.1 Å². The van der Waals surface area contributed by atoms with E-state index < -0.39 is 12.4 Å². The molecule has 1 unspecified atom stereocenters. The molecule has 0 amide bonds. The Kier molecular flexibility index (Phi) is 6.16. The first-order valence-electron chi connectivity index (χ1n) is 6.78. The molecule has 7 heteroatoms. The van der Waals surface area contributed by atoms with Crippen LogP contribution in [-0.4, -0.2) is 6.61 Å². The summed E-state index contributed by atoms with van der Waals surface area (Å²) in [6, 6.07) is 8.70. The van der Waals surface area contributed by atoms with Gasteiger partial charge >= 0.3 is 6.61 Å². The second kappa shape index (κ2) is 7.90. The normalized spacial score (nSPS) is 12.5. The van der Waals surface area contributed by atoms with Gasteiger partial charge in [0.05, 0.1) is 5.02 Å². The molecule has 1 atom stereocenters. The van der Waals surface area contributed by atoms with E-state index in [0.29, 0.717) is 17.1 Å². The Morgan fingerprint density at radius 2 is 1.74 bits per heavy atom. The zero-order chi connectivity index (χ0) is 17.0. The molecular weight excluding hydrogens is 350 g/mol. The number of nitrogens with one attached hydrogen (secondary N) is 1. The Morgan fingerprint density at radius 3 is 2.35 bits per heavy atom. The van der Waals surface area contributed by atoms with Crippen LogP contribution in [-0.2, 0) is 6.54 Å². The summed E-state index contributed by atoms with van der Waals surface area (Å²) in [7, 11) is 0. The molecule has 0 fully saturated rings. The highest BCUT2D eigenvalue weighted by molar-refractivity contribution is 6.35. The summed E-state index contributed by atoms with van der Waals surface area (Å²) in [6.07, 6.45) is 0. The molecule has 0 spiro atoms. The van der Waals surface area contributed by atoms with Crippen LogP contribution in [0.1, 0.15) is 24.1 Å². The van der Waals surface area contributed by atoms with Crippen LogP contribution >= 0.6 is 23.2 Å². The first-order chi connectivity index (χ1) is 10.9. The predicted molar refractivity (Wildman–Crippen MR) is 84.7 cm³/mol. The molecule has 0 heterocycles. The maximum atomic E-state index is 13.5. The molecule has 2 nitrogen and oxygen atoms in total. The van der Waals surface area contributed by atoms with Crippen molar-refractivity contribution in [2.75, 3.05) is 0 Å². The summed E-state index contributed by atoms with van der Waals surface area (Å²) in [6.45, 7) is -0.555. The molecule has 0 aliphatic heterocycles. The zero-order valence-electron chi connectivity index (χ0n) is 12.1. The number of hydrogen-bond acceptors (Lipinski definition) is 2. The summed E-state index contributed by atoms with van der Waals surface area (Å²) in [4.78, 5) is 0. The number of rotatable bonds is 6. The standard InChI is InChI=1S/C16H14Cl2F3NO/c1-9(12-6-15(19)14(18)7-13(12)17)22-8-10-2-4-11(5-3-10)23-16(20)21/h2-7,9,16,22H,8H2,1H3. The van der Waals surface area contributed by atoms with Crippen LogP contribution < -0.4 is 10.1 Å². The van der Waals surface area contributed by atoms with E-state index >= 15 is 0 Å². The van der Waals surface area contributed by atoms with E-state index in [-0.39, 0.29) is 16.8 Å². The summed E-state index contributed by atoms with van der Waals surface area (Å²) in [5.41, 5.74) is 1.45. The smallest absolute Gasteiger partial charge is 0.387 e. The Hall–Kier alpha value is -1.43. The van der Waals surface area contributed by atoms with Gasteiger partial charge in [0.15, 0.2) is 0 Å². The quantitative estimate of drug-likeness (QED) is 0.676. The van der Waals surface area contributed by atoms with Crippen molar-refractivity contribution in [3.63, 3.8) is 0 Å². The highest BCUT2D eigenvalue weighted by atomic mass is 35.5. The zero-order valence-corrected chi connectivity index (χ0v) is 13.6. The monoisotopic (exact) mass is 363 g/mol. The first-order valence-corrected chi connectivity index (χ1v) is 7.54. The second-order valence-corrected chi connectivity index (χ2v) is 5.73. The molecule has 1 N–H and O–H groups in total. The largest absolute Gasteiger partial charge is 0.435 e. The number of hydrogen-bond donors (Lipinski definition) is 1. The Balaban J connectivity index is 1.99. The third-order valence-corrected chi connectivity index (χ3v) is 3.88. The fourth-order valence-corrected chi connectivity index (χ4v) is 2.59. The van der Waals surface area contributed by atoms with Gasteiger partial charge in [-0.3, -0.25) is 0 Å². The van der Waals surface area contributed by atoms with Gasteiger partial charge < -0.3 is 10.1 Å². The lowest BCUT2D eigenvalue weighted by Gasteiger charge is -2.16. The number of ether oxygens (including phenoxy) is 1. The van der Waals surface area contributed by atoms with E-state index in [1.165, 1.54) is 24.3 Å². The second-order valence-electron chi connectivity index (χ2n) is 4.91. The predicted octanol–water partition coefficient (Wildman–Crippen LogP) is 5.58. The van der Waals surface area contributed by atoms with E-state index in [1.807, 2.05) is 6.92 Å². The minimum absolute atomic E-state index is 0.0273. The molecule has 0 aliphatic rings. The third-order valence-electron chi connectivity index (χ3n) is 3.27. The van der Waals surface area contributed by atoms with Crippen LogP contribution in [0, 0.1) is 5.82 Å². The van der Waals surface area contributed by atoms with Crippen LogP contribution in [0.15, 0.2) is 36.4 Å². The number of alkyl halides is 2. The van der Waals surface area contributed by atoms with E-state index in [9.17, 15) is 13.2 Å². The molecule has 2 rings (SSSR count). The minimum atomic E-state index is -2.85. The van der Waals surface area contributed by atoms with Crippen molar-refractivity contribution < 1.29 is 17.9 Å². The first kappa shape index (κ1) is 17.9. The molecule has 2 aromatic rings. The van der Waals surface area contributed by atoms with Crippen molar-refractivity contribution in [1.82, 2.24) is 5.32 Å². The van der Waals surface area contributed by atoms with Crippen LogP contribution in [0.25, 0.3) is 0 Å². The summed E-state index contributed by atoms with van der Waals surface area (Å²) >= 11 is 11.7. The van der Waals surface area contributed by atoms with E-state index in [0.717, 1.165) is 5.56 Å². The van der Waals surface area contributed by atoms with Crippen molar-refractivity contribution in [2.45, 2.75) is 26.1 Å².